The number of benzene rings is 1. The van der Waals surface area contributed by atoms with Crippen LogP contribution in [0.1, 0.15) is 5.82 Å². The zero-order chi connectivity index (χ0) is 17.4. The maximum Gasteiger partial charge on any atom is 0.228 e. The van der Waals surface area contributed by atoms with Gasteiger partial charge in [-0.1, -0.05) is 11.8 Å². The lowest BCUT2D eigenvalue weighted by molar-refractivity contribution is 0.415. The van der Waals surface area contributed by atoms with Crippen molar-refractivity contribution in [3.63, 3.8) is 0 Å². The van der Waals surface area contributed by atoms with Crippen molar-refractivity contribution in [3.8, 4) is 5.75 Å². The molecule has 0 aliphatic heterocycles. The summed E-state index contributed by atoms with van der Waals surface area (Å²) in [4.78, 5) is 16.8. The van der Waals surface area contributed by atoms with Gasteiger partial charge in [-0.05, 0) is 34.3 Å². The summed E-state index contributed by atoms with van der Waals surface area (Å²) in [6, 6.07) is 5.74. The van der Waals surface area contributed by atoms with Gasteiger partial charge in [-0.2, -0.15) is 14.6 Å². The predicted molar refractivity (Wildman–Crippen MR) is 107 cm³/mol. The number of aromatic amines is 1. The van der Waals surface area contributed by atoms with Gasteiger partial charge in [0.2, 0.25) is 5.95 Å². The Balaban J connectivity index is 0.00000196. The number of imidazole rings is 1. The van der Waals surface area contributed by atoms with Crippen LogP contribution in [0.3, 0.4) is 0 Å². The molecule has 0 fully saturated rings. The average Bonchev–Trinajstić information content (AvgIpc) is 3.22. The van der Waals surface area contributed by atoms with E-state index in [0.29, 0.717) is 17.6 Å². The third-order valence-electron chi connectivity index (χ3n) is 3.64. The van der Waals surface area contributed by atoms with E-state index in [2.05, 4.69) is 46.3 Å². The molecule has 0 aliphatic rings. The number of aromatic nitrogens is 6. The number of halogens is 2. The summed E-state index contributed by atoms with van der Waals surface area (Å²) in [5, 5.41) is 8.24. The van der Waals surface area contributed by atoms with Crippen molar-refractivity contribution < 1.29 is 4.74 Å². The molecule has 0 spiro atoms. The number of thioether (sulfide) groups is 1. The molecule has 3 aromatic heterocycles. The van der Waals surface area contributed by atoms with E-state index in [1.807, 2.05) is 24.5 Å². The summed E-state index contributed by atoms with van der Waals surface area (Å²) in [7, 11) is 1.64. The van der Waals surface area contributed by atoms with Crippen LogP contribution in [-0.2, 0) is 6.54 Å². The van der Waals surface area contributed by atoms with Gasteiger partial charge in [-0.15, -0.1) is 12.4 Å². The number of hydrogen-bond donors (Lipinski definition) is 2. The summed E-state index contributed by atoms with van der Waals surface area (Å²) in [5.41, 5.74) is 2.53. The summed E-state index contributed by atoms with van der Waals surface area (Å²) >= 11 is 4.93. The minimum atomic E-state index is 0. The molecule has 0 atom stereocenters. The van der Waals surface area contributed by atoms with E-state index < -0.39 is 0 Å². The van der Waals surface area contributed by atoms with E-state index >= 15 is 0 Å². The lowest BCUT2D eigenvalue weighted by Gasteiger charge is -2.07. The molecule has 1 aromatic carbocycles. The molecule has 0 bridgehead atoms. The third kappa shape index (κ3) is 3.44. The van der Waals surface area contributed by atoms with Crippen LogP contribution >= 0.6 is 40.1 Å². The van der Waals surface area contributed by atoms with Gasteiger partial charge in [0.25, 0.3) is 0 Å². The van der Waals surface area contributed by atoms with Crippen molar-refractivity contribution in [3.05, 3.63) is 34.7 Å². The van der Waals surface area contributed by atoms with E-state index in [9.17, 15) is 0 Å². The van der Waals surface area contributed by atoms with Crippen LogP contribution in [0.5, 0.6) is 5.75 Å². The third-order valence-corrected chi connectivity index (χ3v) is 4.75. The van der Waals surface area contributed by atoms with Gasteiger partial charge in [0.15, 0.2) is 10.8 Å². The van der Waals surface area contributed by atoms with E-state index in [0.717, 1.165) is 32.7 Å². The Bertz CT molecular complexity index is 1070. The molecule has 0 saturated carbocycles. The van der Waals surface area contributed by atoms with Crippen molar-refractivity contribution in [2.75, 3.05) is 18.7 Å². The Morgan fingerprint density at radius 2 is 2.15 bits per heavy atom. The van der Waals surface area contributed by atoms with E-state index in [-0.39, 0.29) is 12.4 Å². The van der Waals surface area contributed by atoms with Gasteiger partial charge in [-0.3, -0.25) is 0 Å². The Labute approximate surface area is 167 Å². The molecule has 0 unspecified atom stereocenters. The molecule has 0 amide bonds. The van der Waals surface area contributed by atoms with Crippen molar-refractivity contribution in [1.29, 1.82) is 0 Å². The number of H-pyrrole nitrogens is 1. The van der Waals surface area contributed by atoms with Crippen molar-refractivity contribution in [2.45, 2.75) is 11.7 Å². The molecule has 8 nitrogen and oxygen atoms in total. The van der Waals surface area contributed by atoms with E-state index in [4.69, 9.17) is 4.74 Å². The molecule has 0 radical (unpaired) electrons. The van der Waals surface area contributed by atoms with Gasteiger partial charge in [0, 0.05) is 6.07 Å². The summed E-state index contributed by atoms with van der Waals surface area (Å²) in [6.45, 7) is 0.481. The van der Waals surface area contributed by atoms with Gasteiger partial charge < -0.3 is 15.0 Å². The lowest BCUT2D eigenvalue weighted by Crippen LogP contribution is -2.10. The first-order valence-corrected chi connectivity index (χ1v) is 9.41. The van der Waals surface area contributed by atoms with Crippen LogP contribution in [0.25, 0.3) is 16.7 Å². The Morgan fingerprint density at radius 3 is 2.92 bits per heavy atom. The number of rotatable bonds is 5. The highest BCUT2D eigenvalue weighted by molar-refractivity contribution is 9.10. The van der Waals surface area contributed by atoms with Gasteiger partial charge in [-0.25, -0.2) is 9.97 Å². The fourth-order valence-electron chi connectivity index (χ4n) is 2.45. The quantitative estimate of drug-likeness (QED) is 0.444. The topological polar surface area (TPSA) is 93.0 Å². The number of nitrogens with zero attached hydrogens (tertiary/aromatic N) is 5. The highest BCUT2D eigenvalue weighted by Gasteiger charge is 2.12. The van der Waals surface area contributed by atoms with Crippen molar-refractivity contribution >= 4 is 62.7 Å². The average molecular weight is 457 g/mol. The first-order valence-electron chi connectivity index (χ1n) is 7.39. The number of nitrogens with one attached hydrogen (secondary N) is 2. The second-order valence-corrected chi connectivity index (χ2v) is 6.81. The fraction of sp³-hybridized carbons (Fsp3) is 0.200. The largest absolute Gasteiger partial charge is 0.497 e. The zero-order valence-electron chi connectivity index (χ0n) is 13.9. The van der Waals surface area contributed by atoms with Gasteiger partial charge in [0.05, 0.1) is 35.4 Å². The minimum absolute atomic E-state index is 0. The summed E-state index contributed by atoms with van der Waals surface area (Å²) < 4.78 is 7.72. The smallest absolute Gasteiger partial charge is 0.228 e. The van der Waals surface area contributed by atoms with Crippen LogP contribution < -0.4 is 10.1 Å². The molecule has 0 saturated heterocycles. The molecule has 3 heterocycles. The van der Waals surface area contributed by atoms with Gasteiger partial charge in [0.1, 0.15) is 11.6 Å². The zero-order valence-corrected chi connectivity index (χ0v) is 17.1. The number of methoxy groups -OCH3 is 1. The molecule has 136 valence electrons. The maximum absolute atomic E-state index is 5.24. The lowest BCUT2D eigenvalue weighted by atomic mass is 10.3. The van der Waals surface area contributed by atoms with Crippen LogP contribution in [0.4, 0.5) is 5.95 Å². The molecule has 26 heavy (non-hydrogen) atoms. The Morgan fingerprint density at radius 1 is 1.31 bits per heavy atom. The highest BCUT2D eigenvalue weighted by Crippen LogP contribution is 2.22. The monoisotopic (exact) mass is 455 g/mol. The first kappa shape index (κ1) is 18.7. The van der Waals surface area contributed by atoms with Crippen molar-refractivity contribution in [1.82, 2.24) is 29.5 Å². The Kier molecular flexibility index (Phi) is 5.54. The summed E-state index contributed by atoms with van der Waals surface area (Å²) in [6.07, 6.45) is 3.64. The van der Waals surface area contributed by atoms with Gasteiger partial charge >= 0.3 is 0 Å². The second kappa shape index (κ2) is 7.68. The normalized spacial score (nSPS) is 10.9. The van der Waals surface area contributed by atoms with E-state index in [1.165, 1.54) is 11.8 Å². The Hall–Kier alpha value is -2.04. The standard InChI is InChI=1S/C15H14BrN7OS.ClH/c1-24-8-3-4-10-11(5-8)20-12(19-10)7-17-14-22-15(25-2)21-13-9(16)6-18-23(13)14;/h3-6H,7H2,1-2H3,(H,19,20)(H,17,21,22);1H. The number of anilines is 1. The number of fused-ring (bicyclic) bond motifs is 2. The highest BCUT2D eigenvalue weighted by atomic mass is 79.9. The SMILES string of the molecule is COc1ccc2nc(CNc3nc(SC)nc4c(Br)cnn34)[nH]c2c1.Cl. The molecular weight excluding hydrogens is 442 g/mol. The number of hydrogen-bond acceptors (Lipinski definition) is 7. The molecule has 4 rings (SSSR count). The van der Waals surface area contributed by atoms with E-state index in [1.54, 1.807) is 17.8 Å². The van der Waals surface area contributed by atoms with Crippen LogP contribution in [0.2, 0.25) is 0 Å². The number of ether oxygens (including phenoxy) is 1. The van der Waals surface area contributed by atoms with Crippen molar-refractivity contribution in [2.24, 2.45) is 0 Å². The molecule has 0 aliphatic carbocycles. The first-order chi connectivity index (χ1) is 12.2. The minimum Gasteiger partial charge on any atom is -0.497 e. The predicted octanol–water partition coefficient (Wildman–Crippen LogP) is 3.53. The molecule has 2 N–H and O–H groups in total. The molecule has 11 heteroatoms. The van der Waals surface area contributed by atoms with Crippen LogP contribution in [0, 0.1) is 0 Å². The molecular formula is C15H15BrClN7OS. The molecule has 4 aromatic rings. The summed E-state index contributed by atoms with van der Waals surface area (Å²) in [5.74, 6) is 2.20. The van der Waals surface area contributed by atoms with Crippen LogP contribution in [0.15, 0.2) is 34.0 Å². The van der Waals surface area contributed by atoms with Crippen LogP contribution in [-0.4, -0.2) is 42.9 Å². The maximum atomic E-state index is 5.24. The fourth-order valence-corrected chi connectivity index (χ4v) is 3.16. The second-order valence-electron chi connectivity index (χ2n) is 5.18.